The summed E-state index contributed by atoms with van der Waals surface area (Å²) in [5.41, 5.74) is -0.699. The van der Waals surface area contributed by atoms with Gasteiger partial charge in [0, 0.05) is 5.41 Å². The molecule has 0 fully saturated rings. The molecule has 0 aliphatic rings. The topological polar surface area (TPSA) is 18.5 Å². The molecule has 0 aromatic carbocycles. The van der Waals surface area contributed by atoms with Crippen molar-refractivity contribution in [3.05, 3.63) is 0 Å². The molecule has 0 radical (unpaired) electrons. The summed E-state index contributed by atoms with van der Waals surface area (Å²) in [4.78, 5) is 0. The zero-order chi connectivity index (χ0) is 15.3. The Hall–Kier alpha value is -0.290. The number of ether oxygens (including phenoxy) is 2. The summed E-state index contributed by atoms with van der Waals surface area (Å²) >= 11 is 0. The van der Waals surface area contributed by atoms with Crippen molar-refractivity contribution >= 4 is 0 Å². The second-order valence-corrected chi connectivity index (χ2v) is 6.92. The molecule has 1 unspecified atom stereocenters. The Bertz CT molecular complexity index is 256. The maximum atomic E-state index is 12.1. The highest BCUT2D eigenvalue weighted by atomic mass is 19.4. The van der Waals surface area contributed by atoms with Crippen LogP contribution in [0.4, 0.5) is 13.2 Å². The van der Waals surface area contributed by atoms with Gasteiger partial charge in [0.25, 0.3) is 0 Å². The quantitative estimate of drug-likeness (QED) is 0.688. The first kappa shape index (κ1) is 18.7. The van der Waals surface area contributed by atoms with E-state index < -0.39 is 18.2 Å². The monoisotopic (exact) mass is 284 g/mol. The minimum Gasteiger partial charge on any atom is -0.375 e. The molecule has 0 amide bonds. The van der Waals surface area contributed by atoms with Crippen molar-refractivity contribution in [2.75, 3.05) is 19.8 Å². The van der Waals surface area contributed by atoms with Crippen LogP contribution in [0.2, 0.25) is 0 Å². The van der Waals surface area contributed by atoms with Crippen LogP contribution in [-0.2, 0) is 9.47 Å². The molecule has 0 spiro atoms. The Morgan fingerprint density at radius 1 is 0.895 bits per heavy atom. The van der Waals surface area contributed by atoms with Crippen LogP contribution in [0.25, 0.3) is 0 Å². The highest BCUT2D eigenvalue weighted by molar-refractivity contribution is 4.77. The molecular formula is C14H27F3O2. The smallest absolute Gasteiger partial charge is 0.375 e. The number of rotatable bonds is 7. The molecule has 0 rings (SSSR count). The van der Waals surface area contributed by atoms with Gasteiger partial charge in [-0.25, -0.2) is 0 Å². The number of halogens is 3. The van der Waals surface area contributed by atoms with Crippen LogP contribution in [0.5, 0.6) is 0 Å². The summed E-state index contributed by atoms with van der Waals surface area (Å²) in [5, 5.41) is 0. The fourth-order valence-electron chi connectivity index (χ4n) is 1.95. The molecule has 0 N–H and O–H groups in total. The van der Waals surface area contributed by atoms with E-state index in [4.69, 9.17) is 9.47 Å². The van der Waals surface area contributed by atoms with E-state index in [9.17, 15) is 13.2 Å². The van der Waals surface area contributed by atoms with E-state index in [1.165, 1.54) is 0 Å². The van der Waals surface area contributed by atoms with Crippen molar-refractivity contribution in [2.24, 2.45) is 11.3 Å². The molecule has 0 heterocycles. The average molecular weight is 284 g/mol. The van der Waals surface area contributed by atoms with E-state index in [1.54, 1.807) is 0 Å². The fourth-order valence-corrected chi connectivity index (χ4v) is 1.95. The molecule has 0 aliphatic carbocycles. The normalized spacial score (nSPS) is 16.7. The van der Waals surface area contributed by atoms with Crippen LogP contribution in [0.15, 0.2) is 0 Å². The van der Waals surface area contributed by atoms with Gasteiger partial charge in [0.1, 0.15) is 6.61 Å². The van der Waals surface area contributed by atoms with Crippen LogP contribution in [0.1, 0.15) is 48.0 Å². The lowest BCUT2D eigenvalue weighted by molar-refractivity contribution is -0.185. The molecule has 5 heteroatoms. The number of hydrogen-bond acceptors (Lipinski definition) is 2. The summed E-state index contributed by atoms with van der Waals surface area (Å²) in [5.74, 6) is 0.378. The SMILES string of the molecule is CC(C)CC(C)(COCC(F)(F)F)COC(C)(C)C. The Balaban J connectivity index is 4.42. The van der Waals surface area contributed by atoms with Crippen molar-refractivity contribution in [1.29, 1.82) is 0 Å². The summed E-state index contributed by atoms with van der Waals surface area (Å²) in [6, 6.07) is 0. The Kier molecular flexibility index (Phi) is 6.83. The molecule has 2 nitrogen and oxygen atoms in total. The molecule has 0 aliphatic heterocycles. The van der Waals surface area contributed by atoms with Crippen LogP contribution < -0.4 is 0 Å². The van der Waals surface area contributed by atoms with Gasteiger partial charge in [0.2, 0.25) is 0 Å². The molecule has 0 aromatic heterocycles. The molecular weight excluding hydrogens is 257 g/mol. The Morgan fingerprint density at radius 2 is 1.42 bits per heavy atom. The lowest BCUT2D eigenvalue weighted by Crippen LogP contribution is -2.36. The zero-order valence-electron chi connectivity index (χ0n) is 12.9. The highest BCUT2D eigenvalue weighted by Gasteiger charge is 2.32. The van der Waals surface area contributed by atoms with Crippen LogP contribution in [-0.4, -0.2) is 31.6 Å². The van der Waals surface area contributed by atoms with E-state index >= 15 is 0 Å². The summed E-state index contributed by atoms with van der Waals surface area (Å²) in [7, 11) is 0. The zero-order valence-corrected chi connectivity index (χ0v) is 12.9. The van der Waals surface area contributed by atoms with Gasteiger partial charge in [-0.3, -0.25) is 0 Å². The standard InChI is InChI=1S/C14H27F3O2/c1-11(2)7-13(6,9-19-12(3,4)5)8-18-10-14(15,16)17/h11H,7-10H2,1-6H3. The molecule has 0 saturated carbocycles. The van der Waals surface area contributed by atoms with Crippen molar-refractivity contribution in [1.82, 2.24) is 0 Å². The first-order valence-electron chi connectivity index (χ1n) is 6.61. The van der Waals surface area contributed by atoms with Crippen molar-refractivity contribution < 1.29 is 22.6 Å². The van der Waals surface area contributed by atoms with Gasteiger partial charge in [0.15, 0.2) is 0 Å². The van der Waals surface area contributed by atoms with Gasteiger partial charge < -0.3 is 9.47 Å². The lowest BCUT2D eigenvalue weighted by Gasteiger charge is -2.34. The van der Waals surface area contributed by atoms with E-state index in [1.807, 2.05) is 41.5 Å². The van der Waals surface area contributed by atoms with Gasteiger partial charge >= 0.3 is 6.18 Å². The van der Waals surface area contributed by atoms with Crippen LogP contribution >= 0.6 is 0 Å². The van der Waals surface area contributed by atoms with Crippen LogP contribution in [0, 0.1) is 11.3 Å². The molecule has 0 bridgehead atoms. The largest absolute Gasteiger partial charge is 0.411 e. The predicted molar refractivity (Wildman–Crippen MR) is 70.1 cm³/mol. The highest BCUT2D eigenvalue weighted by Crippen LogP contribution is 2.29. The molecule has 116 valence electrons. The van der Waals surface area contributed by atoms with Gasteiger partial charge in [-0.05, 0) is 33.1 Å². The van der Waals surface area contributed by atoms with Crippen molar-refractivity contribution in [3.8, 4) is 0 Å². The third kappa shape index (κ3) is 11.3. The molecule has 0 saturated heterocycles. The minimum atomic E-state index is -4.27. The number of hydrogen-bond donors (Lipinski definition) is 0. The van der Waals surface area contributed by atoms with Crippen molar-refractivity contribution in [3.63, 3.8) is 0 Å². The second kappa shape index (κ2) is 6.93. The Labute approximate surface area is 114 Å². The van der Waals surface area contributed by atoms with Gasteiger partial charge in [0.05, 0.1) is 18.8 Å². The van der Waals surface area contributed by atoms with Gasteiger partial charge in [-0.15, -0.1) is 0 Å². The predicted octanol–water partition coefficient (Wildman–Crippen LogP) is 4.43. The molecule has 0 aromatic rings. The molecule has 1 atom stereocenters. The lowest BCUT2D eigenvalue weighted by atomic mass is 9.83. The van der Waals surface area contributed by atoms with E-state index in [2.05, 4.69) is 0 Å². The third-order valence-electron chi connectivity index (χ3n) is 2.47. The average Bonchev–Trinajstić information content (AvgIpc) is 2.10. The van der Waals surface area contributed by atoms with Crippen molar-refractivity contribution in [2.45, 2.75) is 59.7 Å². The third-order valence-corrected chi connectivity index (χ3v) is 2.47. The number of alkyl halides is 3. The minimum absolute atomic E-state index is 0.0563. The fraction of sp³-hybridized carbons (Fsp3) is 1.00. The summed E-state index contributed by atoms with van der Waals surface area (Å²) < 4.78 is 46.9. The Morgan fingerprint density at radius 3 is 1.79 bits per heavy atom. The van der Waals surface area contributed by atoms with Crippen LogP contribution in [0.3, 0.4) is 0 Å². The first-order valence-corrected chi connectivity index (χ1v) is 6.61. The van der Waals surface area contributed by atoms with E-state index in [-0.39, 0.29) is 12.2 Å². The summed E-state index contributed by atoms with van der Waals surface area (Å²) in [6.45, 7) is 11.0. The molecule has 19 heavy (non-hydrogen) atoms. The maximum Gasteiger partial charge on any atom is 0.411 e. The van der Waals surface area contributed by atoms with Gasteiger partial charge in [-0.2, -0.15) is 13.2 Å². The van der Waals surface area contributed by atoms with E-state index in [0.29, 0.717) is 12.5 Å². The maximum absolute atomic E-state index is 12.1. The first-order chi connectivity index (χ1) is 8.33. The van der Waals surface area contributed by atoms with Gasteiger partial charge in [-0.1, -0.05) is 20.8 Å². The van der Waals surface area contributed by atoms with E-state index in [0.717, 1.165) is 6.42 Å². The summed E-state index contributed by atoms with van der Waals surface area (Å²) in [6.07, 6.45) is -3.51. The second-order valence-electron chi connectivity index (χ2n) is 6.92.